The highest BCUT2D eigenvalue weighted by atomic mass is 35.5. The molecule has 1 aromatic carbocycles. The van der Waals surface area contributed by atoms with Gasteiger partial charge in [0.05, 0.1) is 11.9 Å². The first-order valence-electron chi connectivity index (χ1n) is 6.29. The van der Waals surface area contributed by atoms with Gasteiger partial charge in [-0.3, -0.25) is 0 Å². The van der Waals surface area contributed by atoms with Crippen LogP contribution in [0.5, 0.6) is 0 Å². The van der Waals surface area contributed by atoms with Crippen molar-refractivity contribution in [2.45, 2.75) is 31.8 Å². The van der Waals surface area contributed by atoms with Crippen LogP contribution < -0.4 is 5.73 Å². The minimum atomic E-state index is 0.131. The summed E-state index contributed by atoms with van der Waals surface area (Å²) < 4.78 is 2.25. The Morgan fingerprint density at radius 2 is 2.22 bits per heavy atom. The van der Waals surface area contributed by atoms with Crippen molar-refractivity contribution in [1.29, 1.82) is 0 Å². The first-order valence-corrected chi connectivity index (χ1v) is 6.67. The van der Waals surface area contributed by atoms with E-state index in [2.05, 4.69) is 9.55 Å². The largest absolute Gasteiger partial charge is 0.330 e. The van der Waals surface area contributed by atoms with Crippen molar-refractivity contribution in [2.75, 3.05) is 0 Å². The zero-order chi connectivity index (χ0) is 12.5. The second-order valence-electron chi connectivity index (χ2n) is 4.77. The molecule has 0 saturated carbocycles. The van der Waals surface area contributed by atoms with Crippen LogP contribution in [-0.4, -0.2) is 9.55 Å². The first kappa shape index (κ1) is 11.8. The van der Waals surface area contributed by atoms with Crippen LogP contribution in [0.4, 0.5) is 0 Å². The molecule has 2 aromatic rings. The highest BCUT2D eigenvalue weighted by Crippen LogP contribution is 2.26. The van der Waals surface area contributed by atoms with E-state index in [1.807, 2.05) is 30.5 Å². The van der Waals surface area contributed by atoms with E-state index in [0.29, 0.717) is 0 Å². The molecule has 1 aliphatic rings. The Balaban J connectivity index is 1.92. The number of imidazole rings is 1. The normalized spacial score (nSPS) is 18.7. The molecule has 0 aliphatic carbocycles. The molecule has 94 valence electrons. The highest BCUT2D eigenvalue weighted by Gasteiger charge is 2.20. The lowest BCUT2D eigenvalue weighted by molar-refractivity contribution is 0.454. The zero-order valence-electron chi connectivity index (χ0n) is 10.1. The topological polar surface area (TPSA) is 43.8 Å². The van der Waals surface area contributed by atoms with Gasteiger partial charge in [-0.25, -0.2) is 4.98 Å². The van der Waals surface area contributed by atoms with Gasteiger partial charge in [-0.15, -0.1) is 0 Å². The highest BCUT2D eigenvalue weighted by molar-refractivity contribution is 6.31. The SMILES string of the molecule is NC1CCCn2c1cnc2Cc1ccccc1Cl. The van der Waals surface area contributed by atoms with Crippen LogP contribution in [0.2, 0.25) is 5.02 Å². The number of halogens is 1. The standard InChI is InChI=1S/C14H16ClN3/c15-11-5-2-1-4-10(11)8-14-17-9-13-12(16)6-3-7-18(13)14/h1-2,4-5,9,12H,3,6-8,16H2. The quantitative estimate of drug-likeness (QED) is 0.903. The summed E-state index contributed by atoms with van der Waals surface area (Å²) in [4.78, 5) is 4.51. The summed E-state index contributed by atoms with van der Waals surface area (Å²) in [5.41, 5.74) is 8.37. The van der Waals surface area contributed by atoms with Gasteiger partial charge in [0.15, 0.2) is 0 Å². The van der Waals surface area contributed by atoms with Crippen LogP contribution in [0, 0.1) is 0 Å². The molecule has 0 saturated heterocycles. The summed E-state index contributed by atoms with van der Waals surface area (Å²) >= 11 is 6.19. The molecular formula is C14H16ClN3. The van der Waals surface area contributed by atoms with Gasteiger partial charge in [-0.2, -0.15) is 0 Å². The molecule has 3 nitrogen and oxygen atoms in total. The van der Waals surface area contributed by atoms with E-state index in [1.54, 1.807) is 0 Å². The molecule has 0 fully saturated rings. The molecule has 2 heterocycles. The van der Waals surface area contributed by atoms with Crippen molar-refractivity contribution in [1.82, 2.24) is 9.55 Å². The molecule has 0 spiro atoms. The lowest BCUT2D eigenvalue weighted by Crippen LogP contribution is -2.22. The lowest BCUT2D eigenvalue weighted by atomic mass is 10.1. The summed E-state index contributed by atoms with van der Waals surface area (Å²) in [6, 6.07) is 8.05. The Kier molecular flexibility index (Phi) is 3.10. The van der Waals surface area contributed by atoms with Crippen molar-refractivity contribution in [2.24, 2.45) is 5.73 Å². The summed E-state index contributed by atoms with van der Waals surface area (Å²) in [7, 11) is 0. The predicted octanol–water partition coefficient (Wildman–Crippen LogP) is 2.92. The van der Waals surface area contributed by atoms with Crippen LogP contribution in [0.25, 0.3) is 0 Å². The summed E-state index contributed by atoms with van der Waals surface area (Å²) in [6.45, 7) is 1.02. The van der Waals surface area contributed by atoms with Gasteiger partial charge in [-0.1, -0.05) is 29.8 Å². The lowest BCUT2D eigenvalue weighted by Gasteiger charge is -2.22. The maximum absolute atomic E-state index is 6.19. The number of fused-ring (bicyclic) bond motifs is 1. The van der Waals surface area contributed by atoms with Gasteiger partial charge in [-0.05, 0) is 24.5 Å². The monoisotopic (exact) mass is 261 g/mol. The average Bonchev–Trinajstić information content (AvgIpc) is 2.77. The maximum Gasteiger partial charge on any atom is 0.113 e. The van der Waals surface area contributed by atoms with Crippen molar-refractivity contribution < 1.29 is 0 Å². The minimum absolute atomic E-state index is 0.131. The average molecular weight is 262 g/mol. The summed E-state index contributed by atoms with van der Waals surface area (Å²) in [5.74, 6) is 1.06. The van der Waals surface area contributed by atoms with Gasteiger partial charge >= 0.3 is 0 Å². The van der Waals surface area contributed by atoms with Gasteiger partial charge in [0.2, 0.25) is 0 Å². The Labute approximate surface area is 112 Å². The smallest absolute Gasteiger partial charge is 0.113 e. The van der Waals surface area contributed by atoms with E-state index in [1.165, 1.54) is 0 Å². The first-order chi connectivity index (χ1) is 8.75. The second-order valence-corrected chi connectivity index (χ2v) is 5.18. The molecule has 1 aliphatic heterocycles. The fourth-order valence-corrected chi connectivity index (χ4v) is 2.76. The molecular weight excluding hydrogens is 246 g/mol. The zero-order valence-corrected chi connectivity index (χ0v) is 10.9. The van der Waals surface area contributed by atoms with Gasteiger partial charge in [0, 0.05) is 24.0 Å². The number of rotatable bonds is 2. The summed E-state index contributed by atoms with van der Waals surface area (Å²) in [5, 5.41) is 0.801. The van der Waals surface area contributed by atoms with Crippen LogP contribution in [-0.2, 0) is 13.0 Å². The van der Waals surface area contributed by atoms with Crippen LogP contribution >= 0.6 is 11.6 Å². The number of benzene rings is 1. The van der Waals surface area contributed by atoms with E-state index in [0.717, 1.165) is 47.9 Å². The molecule has 4 heteroatoms. The van der Waals surface area contributed by atoms with Gasteiger partial charge < -0.3 is 10.3 Å². The van der Waals surface area contributed by atoms with Crippen molar-refractivity contribution >= 4 is 11.6 Å². The third-order valence-corrected chi connectivity index (χ3v) is 3.92. The van der Waals surface area contributed by atoms with Gasteiger partial charge in [0.1, 0.15) is 5.82 Å². The van der Waals surface area contributed by atoms with E-state index in [4.69, 9.17) is 17.3 Å². The fraction of sp³-hybridized carbons (Fsp3) is 0.357. The Bertz CT molecular complexity index is 562. The van der Waals surface area contributed by atoms with Crippen molar-refractivity contribution in [3.63, 3.8) is 0 Å². The number of hydrogen-bond donors (Lipinski definition) is 1. The molecule has 18 heavy (non-hydrogen) atoms. The molecule has 1 atom stereocenters. The third-order valence-electron chi connectivity index (χ3n) is 3.55. The molecule has 2 N–H and O–H groups in total. The van der Waals surface area contributed by atoms with E-state index < -0.39 is 0 Å². The Morgan fingerprint density at radius 3 is 3.06 bits per heavy atom. The maximum atomic E-state index is 6.19. The van der Waals surface area contributed by atoms with Crippen LogP contribution in [0.15, 0.2) is 30.5 Å². The van der Waals surface area contributed by atoms with E-state index in [-0.39, 0.29) is 6.04 Å². The minimum Gasteiger partial charge on any atom is -0.330 e. The molecule has 0 radical (unpaired) electrons. The summed E-state index contributed by atoms with van der Waals surface area (Å²) in [6.07, 6.45) is 4.86. The third kappa shape index (κ3) is 2.04. The van der Waals surface area contributed by atoms with E-state index >= 15 is 0 Å². The molecule has 3 rings (SSSR count). The molecule has 1 aromatic heterocycles. The number of nitrogens with zero attached hydrogens (tertiary/aromatic N) is 2. The van der Waals surface area contributed by atoms with Crippen LogP contribution in [0.1, 0.15) is 36.0 Å². The van der Waals surface area contributed by atoms with E-state index in [9.17, 15) is 0 Å². The number of aromatic nitrogens is 2. The molecule has 0 amide bonds. The second kappa shape index (κ2) is 4.75. The van der Waals surface area contributed by atoms with Crippen molar-refractivity contribution in [3.05, 3.63) is 52.6 Å². The number of nitrogens with two attached hydrogens (primary N) is 1. The van der Waals surface area contributed by atoms with Crippen LogP contribution in [0.3, 0.4) is 0 Å². The van der Waals surface area contributed by atoms with Gasteiger partial charge in [0.25, 0.3) is 0 Å². The predicted molar refractivity (Wildman–Crippen MR) is 72.6 cm³/mol. The fourth-order valence-electron chi connectivity index (χ4n) is 2.55. The van der Waals surface area contributed by atoms with Crippen molar-refractivity contribution in [3.8, 4) is 0 Å². The molecule has 1 unspecified atom stereocenters. The Morgan fingerprint density at radius 1 is 1.39 bits per heavy atom. The number of hydrogen-bond acceptors (Lipinski definition) is 2. The Hall–Kier alpha value is -1.32. The molecule has 0 bridgehead atoms.